The van der Waals surface area contributed by atoms with E-state index in [0.717, 1.165) is 0 Å². The molecule has 0 saturated heterocycles. The Morgan fingerprint density at radius 1 is 1.11 bits per heavy atom. The minimum absolute atomic E-state index is 1.17. The fraction of sp³-hybridized carbons (Fsp3) is 0. The molecule has 49 valence electrons. The molecule has 0 bridgehead atoms. The first-order chi connectivity index (χ1) is 4.43. The third kappa shape index (κ3) is 2.03. The maximum absolute atomic E-state index is 4.39. The van der Waals surface area contributed by atoms with Gasteiger partial charge in [0.2, 0.25) is 0 Å². The predicted octanol–water partition coefficient (Wildman–Crippen LogP) is 2.20. The second-order valence-corrected chi connectivity index (χ2v) is 2.01. The average molecular weight is 162 g/mol. The first-order valence-corrected chi connectivity index (χ1v) is 3.29. The quantitative estimate of drug-likeness (QED) is 0.555. The molecular formula is C8H7Ni. The van der Waals surface area contributed by atoms with Crippen LogP contribution in [0.3, 0.4) is 0 Å². The average Bonchev–Trinajstić information content (AvgIpc) is 1.91. The topological polar surface area (TPSA) is 0 Å². The molecule has 0 aromatic heterocycles. The number of hydrogen-bond acceptors (Lipinski definition) is 0. The van der Waals surface area contributed by atoms with Crippen LogP contribution < -0.4 is 0 Å². The molecule has 1 aromatic carbocycles. The van der Waals surface area contributed by atoms with Gasteiger partial charge in [0.05, 0.1) is 0 Å². The van der Waals surface area contributed by atoms with Gasteiger partial charge in [-0.15, -0.1) is 0 Å². The van der Waals surface area contributed by atoms with Gasteiger partial charge in [-0.25, -0.2) is 0 Å². The van der Waals surface area contributed by atoms with Crippen LogP contribution in [0.25, 0.3) is 6.08 Å². The Bertz CT molecular complexity index is 189. The molecule has 1 rings (SSSR count). The summed E-state index contributed by atoms with van der Waals surface area (Å²) in [7, 11) is 0. The zero-order chi connectivity index (χ0) is 6.53. The van der Waals surface area contributed by atoms with Crippen LogP contribution in [0.5, 0.6) is 0 Å². The summed E-state index contributed by atoms with van der Waals surface area (Å²) in [6.45, 7) is 0. The third-order valence-corrected chi connectivity index (χ3v) is 1.21. The van der Waals surface area contributed by atoms with E-state index in [-0.39, 0.29) is 0 Å². The number of rotatable bonds is 1. The molecule has 0 nitrogen and oxygen atoms in total. The molecule has 0 N–H and O–H groups in total. The minimum atomic E-state index is 1.17. The molecule has 0 heterocycles. The fourth-order valence-electron chi connectivity index (χ4n) is 0.625. The van der Waals surface area contributed by atoms with Gasteiger partial charge in [0.25, 0.3) is 0 Å². The van der Waals surface area contributed by atoms with Gasteiger partial charge in [-0.1, -0.05) is 0 Å². The van der Waals surface area contributed by atoms with Crippen LogP contribution in [-0.2, 0) is 15.5 Å². The van der Waals surface area contributed by atoms with Crippen LogP contribution in [-0.4, -0.2) is 0 Å². The van der Waals surface area contributed by atoms with Crippen molar-refractivity contribution in [1.82, 2.24) is 0 Å². The monoisotopic (exact) mass is 161 g/mol. The van der Waals surface area contributed by atoms with Crippen LogP contribution in [0.1, 0.15) is 5.56 Å². The molecule has 0 aliphatic rings. The molecule has 0 unspecified atom stereocenters. The summed E-state index contributed by atoms with van der Waals surface area (Å²) in [6.07, 6.45) is 1.92. The molecule has 0 aliphatic heterocycles. The van der Waals surface area contributed by atoms with Gasteiger partial charge in [0.1, 0.15) is 0 Å². The third-order valence-electron chi connectivity index (χ3n) is 1.04. The molecular weight excluding hydrogens is 155 g/mol. The maximum atomic E-state index is 4.39. The van der Waals surface area contributed by atoms with Crippen molar-refractivity contribution in [2.45, 2.75) is 0 Å². The van der Waals surface area contributed by atoms with Crippen molar-refractivity contribution in [1.29, 1.82) is 0 Å². The molecule has 0 saturated carbocycles. The van der Waals surface area contributed by atoms with Crippen molar-refractivity contribution in [2.75, 3.05) is 0 Å². The zero-order valence-electron chi connectivity index (χ0n) is 4.86. The standard InChI is InChI=1S/C8H7.Ni/c1-2-8-6-4-3-5-7-8;/h1-7H;. The Kier molecular flexibility index (Phi) is 2.54. The van der Waals surface area contributed by atoms with Crippen molar-refractivity contribution in [2.24, 2.45) is 0 Å². The summed E-state index contributed by atoms with van der Waals surface area (Å²) in [4.78, 5) is 0. The van der Waals surface area contributed by atoms with Crippen molar-refractivity contribution in [3.05, 3.63) is 40.9 Å². The van der Waals surface area contributed by atoms with E-state index < -0.39 is 0 Å². The van der Waals surface area contributed by atoms with Crippen molar-refractivity contribution in [3.63, 3.8) is 0 Å². The van der Waals surface area contributed by atoms with E-state index in [1.165, 1.54) is 5.56 Å². The summed E-state index contributed by atoms with van der Waals surface area (Å²) in [5.41, 5.74) is 1.17. The van der Waals surface area contributed by atoms with Gasteiger partial charge in [-0.05, 0) is 0 Å². The predicted molar refractivity (Wildman–Crippen MR) is 35.5 cm³/mol. The Balaban J connectivity index is 2.85. The molecule has 1 aromatic rings. The molecule has 0 amide bonds. The zero-order valence-corrected chi connectivity index (χ0v) is 5.85. The molecule has 1 heteroatoms. The summed E-state index contributed by atoms with van der Waals surface area (Å²) in [5.74, 6) is 0. The first-order valence-electron chi connectivity index (χ1n) is 2.72. The van der Waals surface area contributed by atoms with Gasteiger partial charge in [0.15, 0.2) is 0 Å². The molecule has 0 radical (unpaired) electrons. The molecule has 0 aliphatic carbocycles. The van der Waals surface area contributed by atoms with Crippen LogP contribution in [0.4, 0.5) is 0 Å². The molecule has 0 spiro atoms. The van der Waals surface area contributed by atoms with Crippen molar-refractivity contribution < 1.29 is 15.5 Å². The van der Waals surface area contributed by atoms with E-state index in [1.807, 2.05) is 36.4 Å². The van der Waals surface area contributed by atoms with Crippen LogP contribution >= 0.6 is 0 Å². The summed E-state index contributed by atoms with van der Waals surface area (Å²) >= 11 is 4.39. The van der Waals surface area contributed by atoms with Crippen LogP contribution in [0.15, 0.2) is 35.4 Å². The van der Waals surface area contributed by atoms with E-state index in [0.29, 0.717) is 0 Å². The number of benzene rings is 1. The molecule has 0 fully saturated rings. The Hall–Kier alpha value is -0.546. The van der Waals surface area contributed by atoms with Gasteiger partial charge in [0, 0.05) is 0 Å². The van der Waals surface area contributed by atoms with Crippen molar-refractivity contribution in [3.8, 4) is 0 Å². The summed E-state index contributed by atoms with van der Waals surface area (Å²) < 4.78 is 0. The van der Waals surface area contributed by atoms with E-state index in [9.17, 15) is 0 Å². The van der Waals surface area contributed by atoms with Gasteiger partial charge in [-0.2, -0.15) is 0 Å². The van der Waals surface area contributed by atoms with Crippen molar-refractivity contribution >= 4 is 6.08 Å². The number of hydrogen-bond donors (Lipinski definition) is 0. The van der Waals surface area contributed by atoms with Gasteiger partial charge >= 0.3 is 62.5 Å². The van der Waals surface area contributed by atoms with E-state index >= 15 is 0 Å². The first kappa shape index (κ1) is 6.57. The molecule has 9 heavy (non-hydrogen) atoms. The SMILES string of the molecule is [Ni][CH]=Cc1ccccc1. The normalized spacial score (nSPS) is 10.4. The van der Waals surface area contributed by atoms with Crippen LogP contribution in [0, 0.1) is 0 Å². The van der Waals surface area contributed by atoms with Gasteiger partial charge < -0.3 is 0 Å². The fourth-order valence-corrected chi connectivity index (χ4v) is 0.815. The summed E-state index contributed by atoms with van der Waals surface area (Å²) in [6, 6.07) is 10.0. The van der Waals surface area contributed by atoms with E-state index in [1.54, 1.807) is 5.05 Å². The van der Waals surface area contributed by atoms with Gasteiger partial charge in [-0.3, -0.25) is 0 Å². The molecule has 0 atom stereocenters. The Morgan fingerprint density at radius 2 is 1.78 bits per heavy atom. The second-order valence-electron chi connectivity index (χ2n) is 1.68. The Morgan fingerprint density at radius 3 is 2.33 bits per heavy atom. The second kappa shape index (κ2) is 3.47. The van der Waals surface area contributed by atoms with Crippen LogP contribution in [0.2, 0.25) is 0 Å². The Labute approximate surface area is 63.0 Å². The van der Waals surface area contributed by atoms with E-state index in [4.69, 9.17) is 0 Å². The van der Waals surface area contributed by atoms with E-state index in [2.05, 4.69) is 15.5 Å². The summed E-state index contributed by atoms with van der Waals surface area (Å²) in [5, 5.41) is 1.66.